The highest BCUT2D eigenvalue weighted by Crippen LogP contribution is 2.14. The Kier molecular flexibility index (Phi) is 8.34. The first-order chi connectivity index (χ1) is 7.86. The Morgan fingerprint density at radius 1 is 1.19 bits per heavy atom. The van der Waals surface area contributed by atoms with Crippen LogP contribution in [0.5, 0.6) is 0 Å². The molecule has 3 heteroatoms. The lowest BCUT2D eigenvalue weighted by molar-refractivity contribution is 0.210. The second-order valence-corrected chi connectivity index (χ2v) is 5.98. The van der Waals surface area contributed by atoms with Crippen molar-refractivity contribution < 1.29 is 5.11 Å². The molecule has 1 rings (SSSR count). The monoisotopic (exact) mass is 245 g/mol. The highest BCUT2D eigenvalue weighted by molar-refractivity contribution is 7.99. The molecule has 1 aliphatic heterocycles. The summed E-state index contributed by atoms with van der Waals surface area (Å²) in [6.07, 6.45) is 6.30. The Morgan fingerprint density at radius 2 is 1.94 bits per heavy atom. The van der Waals surface area contributed by atoms with Crippen molar-refractivity contribution in [1.29, 1.82) is 0 Å². The van der Waals surface area contributed by atoms with Gasteiger partial charge in [-0.15, -0.1) is 0 Å². The van der Waals surface area contributed by atoms with Gasteiger partial charge in [-0.3, -0.25) is 0 Å². The van der Waals surface area contributed by atoms with Gasteiger partial charge in [0.05, 0.1) is 0 Å². The van der Waals surface area contributed by atoms with Crippen molar-refractivity contribution in [2.75, 3.05) is 37.7 Å². The topological polar surface area (TPSA) is 23.5 Å². The molecule has 0 radical (unpaired) electrons. The molecule has 1 atom stereocenters. The highest BCUT2D eigenvalue weighted by Gasteiger charge is 2.09. The molecule has 1 saturated heterocycles. The van der Waals surface area contributed by atoms with Gasteiger partial charge in [0.15, 0.2) is 0 Å². The quantitative estimate of drug-likeness (QED) is 0.665. The number of aliphatic hydroxyl groups excluding tert-OH is 1. The molecule has 0 aromatic heterocycles. The zero-order chi connectivity index (χ0) is 11.6. The Balaban J connectivity index is 1.90. The second kappa shape index (κ2) is 9.32. The third kappa shape index (κ3) is 6.12. The van der Waals surface area contributed by atoms with Gasteiger partial charge in [-0.1, -0.05) is 26.2 Å². The standard InChI is InChI=1S/C13H27NOS/c1-2-13(12-15)6-4-3-5-7-14-8-10-16-11-9-14/h13,15H,2-12H2,1H3. The van der Waals surface area contributed by atoms with Crippen molar-refractivity contribution in [3.8, 4) is 0 Å². The molecule has 0 amide bonds. The maximum atomic E-state index is 9.08. The molecule has 1 fully saturated rings. The van der Waals surface area contributed by atoms with Crippen LogP contribution in [0.2, 0.25) is 0 Å². The first kappa shape index (κ1) is 14.3. The van der Waals surface area contributed by atoms with Crippen LogP contribution >= 0.6 is 11.8 Å². The zero-order valence-corrected chi connectivity index (χ0v) is 11.5. The van der Waals surface area contributed by atoms with Crippen LogP contribution in [0.3, 0.4) is 0 Å². The third-order valence-corrected chi connectivity index (χ3v) is 4.47. The van der Waals surface area contributed by atoms with Gasteiger partial charge >= 0.3 is 0 Å². The van der Waals surface area contributed by atoms with Gasteiger partial charge in [0, 0.05) is 31.2 Å². The van der Waals surface area contributed by atoms with E-state index in [0.717, 1.165) is 6.42 Å². The van der Waals surface area contributed by atoms with Gasteiger partial charge in [-0.05, 0) is 25.3 Å². The van der Waals surface area contributed by atoms with Crippen LogP contribution in [-0.4, -0.2) is 47.8 Å². The number of unbranched alkanes of at least 4 members (excludes halogenated alkanes) is 2. The number of aliphatic hydroxyl groups is 1. The fraction of sp³-hybridized carbons (Fsp3) is 1.00. The first-order valence-corrected chi connectivity index (χ1v) is 7.93. The van der Waals surface area contributed by atoms with Crippen LogP contribution in [0.1, 0.15) is 39.0 Å². The molecule has 0 aromatic rings. The molecule has 0 bridgehead atoms. The Hall–Kier alpha value is 0.270. The van der Waals surface area contributed by atoms with E-state index in [9.17, 15) is 0 Å². The number of hydrogen-bond acceptors (Lipinski definition) is 3. The molecule has 1 heterocycles. The highest BCUT2D eigenvalue weighted by atomic mass is 32.2. The Labute approximate surface area is 105 Å². The van der Waals surface area contributed by atoms with Crippen molar-refractivity contribution in [1.82, 2.24) is 4.90 Å². The maximum absolute atomic E-state index is 9.08. The summed E-state index contributed by atoms with van der Waals surface area (Å²) in [5, 5.41) is 9.08. The number of hydrogen-bond donors (Lipinski definition) is 1. The second-order valence-electron chi connectivity index (χ2n) is 4.76. The van der Waals surface area contributed by atoms with Gasteiger partial charge < -0.3 is 10.0 Å². The lowest BCUT2D eigenvalue weighted by Crippen LogP contribution is -2.33. The van der Waals surface area contributed by atoms with Crippen LogP contribution in [-0.2, 0) is 0 Å². The summed E-state index contributed by atoms with van der Waals surface area (Å²) in [5.41, 5.74) is 0. The van der Waals surface area contributed by atoms with Crippen LogP contribution in [0.25, 0.3) is 0 Å². The van der Waals surface area contributed by atoms with Gasteiger partial charge in [0.1, 0.15) is 0 Å². The fourth-order valence-electron chi connectivity index (χ4n) is 2.19. The van der Waals surface area contributed by atoms with E-state index in [1.54, 1.807) is 0 Å². The van der Waals surface area contributed by atoms with E-state index in [1.807, 2.05) is 0 Å². The fourth-order valence-corrected chi connectivity index (χ4v) is 3.17. The van der Waals surface area contributed by atoms with E-state index in [4.69, 9.17) is 5.11 Å². The summed E-state index contributed by atoms with van der Waals surface area (Å²) < 4.78 is 0. The minimum absolute atomic E-state index is 0.375. The summed E-state index contributed by atoms with van der Waals surface area (Å²) >= 11 is 2.08. The molecular weight excluding hydrogens is 218 g/mol. The summed E-state index contributed by atoms with van der Waals surface area (Å²) in [5.74, 6) is 3.19. The van der Waals surface area contributed by atoms with Crippen molar-refractivity contribution >= 4 is 11.8 Å². The smallest absolute Gasteiger partial charge is 0.0459 e. The predicted octanol–water partition coefficient (Wildman–Crippen LogP) is 2.61. The van der Waals surface area contributed by atoms with Crippen molar-refractivity contribution in [3.63, 3.8) is 0 Å². The van der Waals surface area contributed by atoms with Gasteiger partial charge in [0.25, 0.3) is 0 Å². The molecule has 1 unspecified atom stereocenters. The van der Waals surface area contributed by atoms with Crippen LogP contribution in [0.15, 0.2) is 0 Å². The van der Waals surface area contributed by atoms with E-state index in [1.165, 1.54) is 56.8 Å². The average molecular weight is 245 g/mol. The van der Waals surface area contributed by atoms with Crippen molar-refractivity contribution in [2.24, 2.45) is 5.92 Å². The van der Waals surface area contributed by atoms with E-state index in [2.05, 4.69) is 23.6 Å². The molecule has 0 saturated carbocycles. The minimum Gasteiger partial charge on any atom is -0.396 e. The zero-order valence-electron chi connectivity index (χ0n) is 10.7. The maximum Gasteiger partial charge on any atom is 0.0459 e. The van der Waals surface area contributed by atoms with Crippen LogP contribution in [0, 0.1) is 5.92 Å². The molecule has 0 aromatic carbocycles. The number of thioether (sulfide) groups is 1. The number of nitrogens with zero attached hydrogens (tertiary/aromatic N) is 1. The minimum atomic E-state index is 0.375. The van der Waals surface area contributed by atoms with E-state index in [-0.39, 0.29) is 0 Å². The average Bonchev–Trinajstić information content (AvgIpc) is 2.35. The summed E-state index contributed by atoms with van der Waals surface area (Å²) in [6.45, 7) is 6.42. The molecule has 2 nitrogen and oxygen atoms in total. The van der Waals surface area contributed by atoms with E-state index in [0.29, 0.717) is 12.5 Å². The van der Waals surface area contributed by atoms with Gasteiger partial charge in [0.2, 0.25) is 0 Å². The SMILES string of the molecule is CCC(CO)CCCCCN1CCSCC1. The molecule has 0 spiro atoms. The summed E-state index contributed by atoms with van der Waals surface area (Å²) in [7, 11) is 0. The predicted molar refractivity (Wildman–Crippen MR) is 73.1 cm³/mol. The van der Waals surface area contributed by atoms with Crippen LogP contribution in [0.4, 0.5) is 0 Å². The number of rotatable bonds is 8. The molecule has 96 valence electrons. The van der Waals surface area contributed by atoms with Crippen molar-refractivity contribution in [3.05, 3.63) is 0 Å². The third-order valence-electron chi connectivity index (χ3n) is 3.53. The lowest BCUT2D eigenvalue weighted by Gasteiger charge is -2.26. The van der Waals surface area contributed by atoms with Gasteiger partial charge in [-0.25, -0.2) is 0 Å². The lowest BCUT2D eigenvalue weighted by atomic mass is 9.99. The largest absolute Gasteiger partial charge is 0.396 e. The molecule has 1 N–H and O–H groups in total. The molecule has 0 aliphatic carbocycles. The normalized spacial score (nSPS) is 19.9. The summed E-state index contributed by atoms with van der Waals surface area (Å²) in [6, 6.07) is 0. The first-order valence-electron chi connectivity index (χ1n) is 6.77. The van der Waals surface area contributed by atoms with E-state index >= 15 is 0 Å². The van der Waals surface area contributed by atoms with Crippen LogP contribution < -0.4 is 0 Å². The molecule has 16 heavy (non-hydrogen) atoms. The molecular formula is C13H27NOS. The van der Waals surface area contributed by atoms with E-state index < -0.39 is 0 Å². The Bertz CT molecular complexity index is 156. The Morgan fingerprint density at radius 3 is 2.56 bits per heavy atom. The van der Waals surface area contributed by atoms with Gasteiger partial charge in [-0.2, -0.15) is 11.8 Å². The van der Waals surface area contributed by atoms with Crippen molar-refractivity contribution in [2.45, 2.75) is 39.0 Å². The summed E-state index contributed by atoms with van der Waals surface area (Å²) in [4.78, 5) is 2.60. The molecule has 1 aliphatic rings.